The summed E-state index contributed by atoms with van der Waals surface area (Å²) in [7, 11) is 0. The smallest absolute Gasteiger partial charge is 0.406 e. The van der Waals surface area contributed by atoms with Crippen LogP contribution in [0, 0.1) is 0 Å². The second-order valence-corrected chi connectivity index (χ2v) is 5.79. The van der Waals surface area contributed by atoms with Crippen LogP contribution >= 0.6 is 0 Å². The van der Waals surface area contributed by atoms with Gasteiger partial charge in [0.25, 0.3) is 0 Å². The molecule has 1 saturated heterocycles. The van der Waals surface area contributed by atoms with E-state index in [-0.39, 0.29) is 19.7 Å². The van der Waals surface area contributed by atoms with E-state index in [0.29, 0.717) is 38.5 Å². The molecule has 1 aromatic heterocycles. The average molecular weight is 349 g/mol. The van der Waals surface area contributed by atoms with Crippen molar-refractivity contribution >= 4 is 5.91 Å². The van der Waals surface area contributed by atoms with Crippen LogP contribution in [0.3, 0.4) is 0 Å². The van der Waals surface area contributed by atoms with Gasteiger partial charge in [-0.05, 0) is 12.1 Å². The number of hydrogen-bond acceptors (Lipinski definition) is 5. The highest BCUT2D eigenvalue weighted by molar-refractivity contribution is 5.78. The molecule has 1 aliphatic heterocycles. The SMILES string of the molecule is O=C(CN1CCN(CCO)CC1)N(Cc1ccco1)CC(F)(F)F. The normalized spacial score (nSPS) is 17.2. The third kappa shape index (κ3) is 6.14. The highest BCUT2D eigenvalue weighted by Gasteiger charge is 2.34. The maximum absolute atomic E-state index is 12.7. The first-order valence-corrected chi connectivity index (χ1v) is 7.80. The predicted molar refractivity (Wildman–Crippen MR) is 80.1 cm³/mol. The van der Waals surface area contributed by atoms with Crippen molar-refractivity contribution in [3.63, 3.8) is 0 Å². The Morgan fingerprint density at radius 2 is 1.92 bits per heavy atom. The van der Waals surface area contributed by atoms with Crippen LogP contribution in [-0.2, 0) is 11.3 Å². The van der Waals surface area contributed by atoms with Gasteiger partial charge in [-0.3, -0.25) is 14.6 Å². The van der Waals surface area contributed by atoms with E-state index in [1.54, 1.807) is 12.1 Å². The minimum Gasteiger partial charge on any atom is -0.467 e. The Bertz CT molecular complexity index is 500. The van der Waals surface area contributed by atoms with E-state index in [9.17, 15) is 18.0 Å². The van der Waals surface area contributed by atoms with E-state index < -0.39 is 18.6 Å². The van der Waals surface area contributed by atoms with Gasteiger partial charge in [0, 0.05) is 32.7 Å². The molecule has 0 atom stereocenters. The van der Waals surface area contributed by atoms with Gasteiger partial charge < -0.3 is 14.4 Å². The zero-order valence-corrected chi connectivity index (χ0v) is 13.3. The van der Waals surface area contributed by atoms with Crippen LogP contribution in [0.4, 0.5) is 13.2 Å². The van der Waals surface area contributed by atoms with Crippen LogP contribution in [0.15, 0.2) is 22.8 Å². The second kappa shape index (κ2) is 8.50. The lowest BCUT2D eigenvalue weighted by Gasteiger charge is -2.35. The fourth-order valence-electron chi connectivity index (χ4n) is 2.64. The van der Waals surface area contributed by atoms with Crippen LogP contribution < -0.4 is 0 Å². The summed E-state index contributed by atoms with van der Waals surface area (Å²) in [6.07, 6.45) is -3.09. The van der Waals surface area contributed by atoms with Crippen LogP contribution in [0.5, 0.6) is 0 Å². The molecule has 1 aliphatic rings. The minimum atomic E-state index is -4.46. The van der Waals surface area contributed by atoms with Crippen LogP contribution in [0.2, 0.25) is 0 Å². The number of carbonyl (C=O) groups is 1. The van der Waals surface area contributed by atoms with Crippen LogP contribution in [0.25, 0.3) is 0 Å². The molecular weight excluding hydrogens is 327 g/mol. The molecule has 6 nitrogen and oxygen atoms in total. The van der Waals surface area contributed by atoms with E-state index in [1.165, 1.54) is 6.26 Å². The molecule has 0 aliphatic carbocycles. The van der Waals surface area contributed by atoms with Crippen LogP contribution in [0.1, 0.15) is 5.76 Å². The Balaban J connectivity index is 1.90. The summed E-state index contributed by atoms with van der Waals surface area (Å²) in [5, 5.41) is 8.90. The summed E-state index contributed by atoms with van der Waals surface area (Å²) in [6, 6.07) is 3.12. The quantitative estimate of drug-likeness (QED) is 0.788. The number of furan rings is 1. The lowest BCUT2D eigenvalue weighted by Crippen LogP contribution is -2.51. The van der Waals surface area contributed by atoms with Crippen LogP contribution in [-0.4, -0.2) is 84.3 Å². The van der Waals surface area contributed by atoms with Crippen molar-refractivity contribution in [1.29, 1.82) is 0 Å². The molecule has 0 aromatic carbocycles. The van der Waals surface area contributed by atoms with E-state index in [0.717, 1.165) is 4.90 Å². The Labute approximate surface area is 138 Å². The molecule has 0 unspecified atom stereocenters. The first kappa shape index (κ1) is 18.8. The summed E-state index contributed by atoms with van der Waals surface area (Å²) in [4.78, 5) is 17.0. The number of aliphatic hydroxyl groups excluding tert-OH is 1. The number of rotatable bonds is 7. The molecule has 24 heavy (non-hydrogen) atoms. The van der Waals surface area contributed by atoms with Crippen molar-refractivity contribution in [2.45, 2.75) is 12.7 Å². The summed E-state index contributed by atoms with van der Waals surface area (Å²) < 4.78 is 43.3. The largest absolute Gasteiger partial charge is 0.467 e. The lowest BCUT2D eigenvalue weighted by atomic mass is 10.3. The molecule has 1 fully saturated rings. The number of halogens is 3. The first-order chi connectivity index (χ1) is 11.4. The van der Waals surface area contributed by atoms with Gasteiger partial charge in [-0.2, -0.15) is 13.2 Å². The highest BCUT2D eigenvalue weighted by atomic mass is 19.4. The van der Waals surface area contributed by atoms with Gasteiger partial charge in [0.2, 0.25) is 5.91 Å². The van der Waals surface area contributed by atoms with Gasteiger partial charge in [-0.1, -0.05) is 0 Å². The monoisotopic (exact) mass is 349 g/mol. The Kier molecular flexibility index (Phi) is 6.64. The third-order valence-electron chi connectivity index (χ3n) is 3.89. The van der Waals surface area contributed by atoms with Crippen molar-refractivity contribution in [2.75, 3.05) is 52.4 Å². The van der Waals surface area contributed by atoms with Gasteiger partial charge in [-0.25, -0.2) is 0 Å². The van der Waals surface area contributed by atoms with E-state index in [1.807, 2.05) is 4.90 Å². The Hall–Kier alpha value is -1.58. The number of aliphatic hydroxyl groups is 1. The van der Waals surface area contributed by atoms with E-state index in [2.05, 4.69) is 4.90 Å². The highest BCUT2D eigenvalue weighted by Crippen LogP contribution is 2.19. The molecule has 0 saturated carbocycles. The van der Waals surface area contributed by atoms with Crippen molar-refractivity contribution < 1.29 is 27.5 Å². The minimum absolute atomic E-state index is 0.0518. The zero-order valence-electron chi connectivity index (χ0n) is 13.3. The van der Waals surface area contributed by atoms with Crippen molar-refractivity contribution in [1.82, 2.24) is 14.7 Å². The molecule has 2 heterocycles. The van der Waals surface area contributed by atoms with Gasteiger partial charge in [0.05, 0.1) is 26.0 Å². The van der Waals surface area contributed by atoms with Crippen molar-refractivity contribution in [2.24, 2.45) is 0 Å². The standard InChI is InChI=1S/C15H22F3N3O3/c16-15(17,18)12-21(10-13-2-1-9-24-13)14(23)11-20-5-3-19(4-6-20)7-8-22/h1-2,9,22H,3-8,10-12H2. The number of piperazine rings is 1. The van der Waals surface area contributed by atoms with Crippen molar-refractivity contribution in [3.05, 3.63) is 24.2 Å². The number of hydrogen-bond donors (Lipinski definition) is 1. The molecule has 0 radical (unpaired) electrons. The molecule has 1 aromatic rings. The molecule has 9 heteroatoms. The second-order valence-electron chi connectivity index (χ2n) is 5.79. The van der Waals surface area contributed by atoms with Gasteiger partial charge >= 0.3 is 6.18 Å². The van der Waals surface area contributed by atoms with Gasteiger partial charge in [0.1, 0.15) is 12.3 Å². The van der Waals surface area contributed by atoms with E-state index in [4.69, 9.17) is 9.52 Å². The predicted octanol–water partition coefficient (Wildman–Crippen LogP) is 0.780. The maximum Gasteiger partial charge on any atom is 0.406 e. The number of amides is 1. The molecular formula is C15H22F3N3O3. The number of β-amino-alcohol motifs (C(OH)–C–C–N with tert-alkyl or cyclic N) is 1. The number of carbonyl (C=O) groups excluding carboxylic acids is 1. The number of alkyl halides is 3. The average Bonchev–Trinajstić information content (AvgIpc) is 3.00. The first-order valence-electron chi connectivity index (χ1n) is 7.80. The summed E-state index contributed by atoms with van der Waals surface area (Å²) in [5.41, 5.74) is 0. The fourth-order valence-corrected chi connectivity index (χ4v) is 2.64. The zero-order chi connectivity index (χ0) is 17.6. The van der Waals surface area contributed by atoms with Crippen molar-refractivity contribution in [3.8, 4) is 0 Å². The van der Waals surface area contributed by atoms with Gasteiger partial charge in [0.15, 0.2) is 0 Å². The molecule has 136 valence electrons. The maximum atomic E-state index is 12.7. The fraction of sp³-hybridized carbons (Fsp3) is 0.667. The summed E-state index contributed by atoms with van der Waals surface area (Å²) >= 11 is 0. The summed E-state index contributed by atoms with van der Waals surface area (Å²) in [6.45, 7) is 1.65. The molecule has 1 amide bonds. The third-order valence-corrected chi connectivity index (χ3v) is 3.89. The Morgan fingerprint density at radius 1 is 1.25 bits per heavy atom. The molecule has 1 N–H and O–H groups in total. The van der Waals surface area contributed by atoms with Gasteiger partial charge in [-0.15, -0.1) is 0 Å². The topological polar surface area (TPSA) is 60.2 Å². The molecule has 2 rings (SSSR count). The lowest BCUT2D eigenvalue weighted by molar-refractivity contribution is -0.163. The Morgan fingerprint density at radius 3 is 2.46 bits per heavy atom. The molecule has 0 bridgehead atoms. The molecule has 0 spiro atoms. The number of nitrogens with zero attached hydrogens (tertiary/aromatic N) is 3. The van der Waals surface area contributed by atoms with E-state index >= 15 is 0 Å². The summed E-state index contributed by atoms with van der Waals surface area (Å²) in [5.74, 6) is -0.250.